The lowest BCUT2D eigenvalue weighted by molar-refractivity contribution is 0.480. The van der Waals surface area contributed by atoms with Crippen molar-refractivity contribution < 1.29 is 0 Å². The molecule has 0 spiro atoms. The molecule has 0 N–H and O–H groups in total. The maximum atomic E-state index is 2.65. The molecule has 0 nitrogen and oxygen atoms in total. The van der Waals surface area contributed by atoms with E-state index in [2.05, 4.69) is 12.2 Å². The maximum absolute atomic E-state index is 2.65. The molecule has 0 heterocycles. The van der Waals surface area contributed by atoms with E-state index < -0.39 is 0 Å². The third-order valence-electron chi connectivity index (χ3n) is 5.60. The standard InChI is InChI=1S/C18H31P/c1-4-10-16(11-5-1)19(17-12-6-2-7-13-17)18-14-8-3-9-15-18/h4,10,16-18H,1-3,5-9,11-15H2/t16-/m0/s1. The maximum Gasteiger partial charge on any atom is -0.00245 e. The fourth-order valence-electron chi connectivity index (χ4n) is 4.64. The largest absolute Gasteiger partial charge is 0.0933 e. The molecule has 0 bridgehead atoms. The quantitative estimate of drug-likeness (QED) is 0.423. The van der Waals surface area contributed by atoms with Crippen molar-refractivity contribution in [1.29, 1.82) is 0 Å². The van der Waals surface area contributed by atoms with Gasteiger partial charge in [-0.15, -0.1) is 0 Å². The molecule has 0 amide bonds. The van der Waals surface area contributed by atoms with Crippen molar-refractivity contribution in [3.05, 3.63) is 12.2 Å². The normalized spacial score (nSPS) is 30.9. The Morgan fingerprint density at radius 3 is 1.68 bits per heavy atom. The summed E-state index contributed by atoms with van der Waals surface area (Å²) in [5, 5.41) is 0. The van der Waals surface area contributed by atoms with E-state index in [0.29, 0.717) is 7.92 Å². The van der Waals surface area contributed by atoms with Crippen LogP contribution in [-0.4, -0.2) is 17.0 Å². The molecular formula is C18H31P. The molecule has 0 unspecified atom stereocenters. The Morgan fingerprint density at radius 2 is 1.21 bits per heavy atom. The van der Waals surface area contributed by atoms with Crippen LogP contribution in [0.1, 0.15) is 83.5 Å². The monoisotopic (exact) mass is 278 g/mol. The Labute approximate surface area is 121 Å². The van der Waals surface area contributed by atoms with Gasteiger partial charge in [-0.05, 0) is 61.9 Å². The van der Waals surface area contributed by atoms with Crippen LogP contribution in [0.4, 0.5) is 0 Å². The Morgan fingerprint density at radius 1 is 0.632 bits per heavy atom. The average molecular weight is 278 g/mol. The van der Waals surface area contributed by atoms with Gasteiger partial charge in [-0.2, -0.15) is 0 Å². The highest BCUT2D eigenvalue weighted by Gasteiger charge is 2.35. The number of allylic oxidation sites excluding steroid dienone is 2. The van der Waals surface area contributed by atoms with Gasteiger partial charge in [-0.3, -0.25) is 0 Å². The van der Waals surface area contributed by atoms with Gasteiger partial charge in [0.15, 0.2) is 0 Å². The molecule has 0 aliphatic heterocycles. The predicted molar refractivity (Wildman–Crippen MR) is 87.4 cm³/mol. The van der Waals surface area contributed by atoms with Gasteiger partial charge in [-0.25, -0.2) is 0 Å². The molecule has 2 saturated carbocycles. The number of hydrogen-bond acceptors (Lipinski definition) is 0. The van der Waals surface area contributed by atoms with Crippen LogP contribution in [-0.2, 0) is 0 Å². The first-order chi connectivity index (χ1) is 9.45. The van der Waals surface area contributed by atoms with Crippen LogP contribution in [0.15, 0.2) is 12.2 Å². The first-order valence-electron chi connectivity index (χ1n) is 8.89. The van der Waals surface area contributed by atoms with Crippen LogP contribution in [0.25, 0.3) is 0 Å². The van der Waals surface area contributed by atoms with E-state index in [1.807, 2.05) is 0 Å². The minimum absolute atomic E-state index is 0.298. The van der Waals surface area contributed by atoms with Crippen molar-refractivity contribution in [2.45, 2.75) is 100 Å². The summed E-state index contributed by atoms with van der Waals surface area (Å²) >= 11 is 0. The fourth-order valence-corrected chi connectivity index (χ4v) is 9.04. The minimum Gasteiger partial charge on any atom is -0.0933 e. The summed E-state index contributed by atoms with van der Waals surface area (Å²) in [5.41, 5.74) is 3.29. The zero-order valence-electron chi connectivity index (χ0n) is 12.5. The molecular weight excluding hydrogens is 247 g/mol. The van der Waals surface area contributed by atoms with Crippen LogP contribution >= 0.6 is 7.92 Å². The summed E-state index contributed by atoms with van der Waals surface area (Å²) < 4.78 is 0. The topological polar surface area (TPSA) is 0 Å². The Hall–Kier alpha value is 0.170. The van der Waals surface area contributed by atoms with Gasteiger partial charge in [0.2, 0.25) is 0 Å². The Bertz CT molecular complexity index is 266. The highest BCUT2D eigenvalue weighted by molar-refractivity contribution is 7.60. The SMILES string of the molecule is C1=C[C@H](P(C2CCCCC2)C2CCCCC2)CCC1. The molecule has 0 radical (unpaired) electrons. The highest BCUT2D eigenvalue weighted by Crippen LogP contribution is 2.60. The third-order valence-corrected chi connectivity index (χ3v) is 9.52. The summed E-state index contributed by atoms with van der Waals surface area (Å²) in [7, 11) is 0.298. The lowest BCUT2D eigenvalue weighted by Gasteiger charge is -2.43. The Kier molecular flexibility index (Phi) is 5.39. The fraction of sp³-hybridized carbons (Fsp3) is 0.889. The van der Waals surface area contributed by atoms with E-state index in [9.17, 15) is 0 Å². The minimum atomic E-state index is 0.298. The predicted octanol–water partition coefficient (Wildman–Crippen LogP) is 6.24. The molecule has 3 rings (SSSR count). The van der Waals surface area contributed by atoms with E-state index in [4.69, 9.17) is 0 Å². The average Bonchev–Trinajstić information content (AvgIpc) is 2.51. The molecule has 0 aromatic rings. The summed E-state index contributed by atoms with van der Waals surface area (Å²) in [6, 6.07) is 0. The molecule has 0 saturated heterocycles. The summed E-state index contributed by atoms with van der Waals surface area (Å²) in [6.45, 7) is 0. The van der Waals surface area contributed by atoms with Crippen molar-refractivity contribution in [3.63, 3.8) is 0 Å². The van der Waals surface area contributed by atoms with Gasteiger partial charge in [0.25, 0.3) is 0 Å². The van der Waals surface area contributed by atoms with Crippen LogP contribution < -0.4 is 0 Å². The second-order valence-corrected chi connectivity index (χ2v) is 9.98. The van der Waals surface area contributed by atoms with Crippen LogP contribution in [0.5, 0.6) is 0 Å². The van der Waals surface area contributed by atoms with Crippen molar-refractivity contribution in [2.75, 3.05) is 0 Å². The molecule has 108 valence electrons. The summed E-state index contributed by atoms with van der Waals surface area (Å²) in [5.74, 6) is 0. The molecule has 0 aromatic heterocycles. The van der Waals surface area contributed by atoms with Gasteiger partial charge in [0, 0.05) is 0 Å². The van der Waals surface area contributed by atoms with Crippen LogP contribution in [0.2, 0.25) is 0 Å². The van der Waals surface area contributed by atoms with Gasteiger partial charge in [0.1, 0.15) is 0 Å². The van der Waals surface area contributed by atoms with E-state index in [-0.39, 0.29) is 0 Å². The molecule has 19 heavy (non-hydrogen) atoms. The molecule has 1 heteroatoms. The van der Waals surface area contributed by atoms with E-state index >= 15 is 0 Å². The van der Waals surface area contributed by atoms with Crippen molar-refractivity contribution >= 4 is 7.92 Å². The van der Waals surface area contributed by atoms with E-state index in [1.54, 1.807) is 25.7 Å². The summed E-state index contributed by atoms with van der Waals surface area (Å²) in [6.07, 6.45) is 25.0. The molecule has 0 aromatic carbocycles. The molecule has 3 aliphatic rings. The van der Waals surface area contributed by atoms with Gasteiger partial charge in [0.05, 0.1) is 0 Å². The third kappa shape index (κ3) is 3.63. The molecule has 1 atom stereocenters. The lowest BCUT2D eigenvalue weighted by Crippen LogP contribution is -2.26. The number of rotatable bonds is 3. The van der Waals surface area contributed by atoms with Gasteiger partial charge in [-0.1, -0.05) is 58.6 Å². The van der Waals surface area contributed by atoms with E-state index in [0.717, 1.165) is 17.0 Å². The van der Waals surface area contributed by atoms with Crippen LogP contribution in [0, 0.1) is 0 Å². The van der Waals surface area contributed by atoms with E-state index in [1.165, 1.54) is 57.8 Å². The van der Waals surface area contributed by atoms with Gasteiger partial charge >= 0.3 is 0 Å². The first kappa shape index (κ1) is 14.1. The van der Waals surface area contributed by atoms with Crippen molar-refractivity contribution in [2.24, 2.45) is 0 Å². The second-order valence-electron chi connectivity index (χ2n) is 6.96. The first-order valence-corrected chi connectivity index (χ1v) is 10.4. The zero-order valence-corrected chi connectivity index (χ0v) is 13.4. The van der Waals surface area contributed by atoms with Crippen molar-refractivity contribution in [1.82, 2.24) is 0 Å². The van der Waals surface area contributed by atoms with Gasteiger partial charge < -0.3 is 0 Å². The highest BCUT2D eigenvalue weighted by atomic mass is 31.1. The Balaban J connectivity index is 1.72. The second kappa shape index (κ2) is 7.26. The number of hydrogen-bond donors (Lipinski definition) is 0. The van der Waals surface area contributed by atoms with Crippen molar-refractivity contribution in [3.8, 4) is 0 Å². The summed E-state index contributed by atoms with van der Waals surface area (Å²) in [4.78, 5) is 0. The smallest absolute Gasteiger partial charge is 0.00245 e. The van der Waals surface area contributed by atoms with Crippen LogP contribution in [0.3, 0.4) is 0 Å². The molecule has 2 fully saturated rings. The molecule has 3 aliphatic carbocycles. The lowest BCUT2D eigenvalue weighted by atomic mass is 9.99. The zero-order chi connectivity index (χ0) is 12.9.